The highest BCUT2D eigenvalue weighted by atomic mass is 16.6. The highest BCUT2D eigenvalue weighted by Gasteiger charge is 2.45. The molecule has 1 unspecified atom stereocenters. The van der Waals surface area contributed by atoms with E-state index in [4.69, 9.17) is 23.7 Å². The van der Waals surface area contributed by atoms with Gasteiger partial charge in [0.15, 0.2) is 0 Å². The molecule has 0 aliphatic carbocycles. The fourth-order valence-electron chi connectivity index (χ4n) is 7.30. The minimum absolute atomic E-state index is 0.0873. The highest BCUT2D eigenvalue weighted by molar-refractivity contribution is 5.33. The molecule has 3 fully saturated rings. The summed E-state index contributed by atoms with van der Waals surface area (Å²) in [5.41, 5.74) is 1.73. The van der Waals surface area contributed by atoms with Crippen molar-refractivity contribution in [1.29, 1.82) is 0 Å². The van der Waals surface area contributed by atoms with Gasteiger partial charge in [0, 0.05) is 12.3 Å². The predicted molar refractivity (Wildman–Crippen MR) is 201 cm³/mol. The van der Waals surface area contributed by atoms with Crippen LogP contribution in [0.1, 0.15) is 61.7 Å². The lowest BCUT2D eigenvalue weighted by Gasteiger charge is -2.41. The van der Waals surface area contributed by atoms with E-state index in [1.165, 1.54) is 0 Å². The second-order valence-electron chi connectivity index (χ2n) is 14.6. The molecule has 0 spiro atoms. The van der Waals surface area contributed by atoms with Crippen LogP contribution >= 0.6 is 0 Å². The molecule has 316 valence electrons. The molecule has 16 heteroatoms. The lowest BCUT2D eigenvalue weighted by Crippen LogP contribution is -2.55. The van der Waals surface area contributed by atoms with Gasteiger partial charge in [-0.1, -0.05) is 50.2 Å². The van der Waals surface area contributed by atoms with Crippen molar-refractivity contribution in [2.75, 3.05) is 26.4 Å². The maximum atomic E-state index is 10.4. The third-order valence-electron chi connectivity index (χ3n) is 10.7. The van der Waals surface area contributed by atoms with Gasteiger partial charge in [0.2, 0.25) is 0 Å². The van der Waals surface area contributed by atoms with Crippen molar-refractivity contribution in [3.63, 3.8) is 0 Å². The number of ether oxygens (including phenoxy) is 5. The van der Waals surface area contributed by atoms with E-state index in [9.17, 15) is 56.2 Å². The van der Waals surface area contributed by atoms with E-state index in [1.807, 2.05) is 13.8 Å². The number of aromatic hydroxyl groups is 1. The Bertz CT molecular complexity index is 1590. The van der Waals surface area contributed by atoms with Crippen LogP contribution in [-0.4, -0.2) is 150 Å². The molecule has 15 atom stereocenters. The minimum Gasteiger partial charge on any atom is -0.508 e. The topological polar surface area (TPSA) is 269 Å². The molecule has 3 aliphatic rings. The first kappa shape index (κ1) is 44.6. The average Bonchev–Trinajstić information content (AvgIpc) is 3.22. The zero-order chi connectivity index (χ0) is 41.4. The van der Waals surface area contributed by atoms with Gasteiger partial charge in [0.25, 0.3) is 0 Å². The fourth-order valence-corrected chi connectivity index (χ4v) is 7.30. The molecule has 3 aliphatic heterocycles. The number of phenols is 1. The lowest BCUT2D eigenvalue weighted by atomic mass is 9.85. The van der Waals surface area contributed by atoms with Gasteiger partial charge >= 0.3 is 0 Å². The third-order valence-corrected chi connectivity index (χ3v) is 10.7. The van der Waals surface area contributed by atoms with Crippen LogP contribution in [-0.2, 0) is 14.2 Å². The normalized spacial score (nSPS) is 35.5. The highest BCUT2D eigenvalue weighted by Crippen LogP contribution is 2.38. The molecule has 3 aromatic carbocycles. The summed E-state index contributed by atoms with van der Waals surface area (Å²) in [5.74, 6) is 1.02. The summed E-state index contributed by atoms with van der Waals surface area (Å²) < 4.78 is 28.6. The Balaban J connectivity index is 0.000000287. The first-order chi connectivity index (χ1) is 27.3. The van der Waals surface area contributed by atoms with Gasteiger partial charge in [0.1, 0.15) is 90.5 Å². The summed E-state index contributed by atoms with van der Waals surface area (Å²) in [7, 11) is 0. The van der Waals surface area contributed by atoms with Gasteiger partial charge in [-0.2, -0.15) is 0 Å². The Morgan fingerprint density at radius 1 is 0.509 bits per heavy atom. The Hall–Kier alpha value is -3.46. The van der Waals surface area contributed by atoms with Gasteiger partial charge in [-0.3, -0.25) is 0 Å². The molecule has 0 aromatic heterocycles. The Labute approximate surface area is 330 Å². The smallest absolute Gasteiger partial charge is 0.119 e. The average molecular weight is 805 g/mol. The summed E-state index contributed by atoms with van der Waals surface area (Å²) in [4.78, 5) is 0. The van der Waals surface area contributed by atoms with Crippen LogP contribution < -0.4 is 9.47 Å². The molecule has 57 heavy (non-hydrogen) atoms. The van der Waals surface area contributed by atoms with Crippen molar-refractivity contribution in [2.24, 2.45) is 5.92 Å². The number of rotatable bonds is 12. The Kier molecular flexibility index (Phi) is 16.0. The lowest BCUT2D eigenvalue weighted by molar-refractivity contribution is -0.231. The van der Waals surface area contributed by atoms with Crippen LogP contribution in [0.25, 0.3) is 0 Å². The number of hydrogen-bond acceptors (Lipinski definition) is 16. The van der Waals surface area contributed by atoms with E-state index in [2.05, 4.69) is 0 Å². The van der Waals surface area contributed by atoms with Crippen molar-refractivity contribution >= 4 is 0 Å². The summed E-state index contributed by atoms with van der Waals surface area (Å²) in [6.07, 6.45) is -13.7. The van der Waals surface area contributed by atoms with Crippen molar-refractivity contribution in [1.82, 2.24) is 0 Å². The van der Waals surface area contributed by atoms with E-state index < -0.39 is 92.6 Å². The number of aliphatic hydroxyl groups excluding tert-OH is 10. The van der Waals surface area contributed by atoms with Gasteiger partial charge < -0.3 is 79.9 Å². The van der Waals surface area contributed by atoms with Crippen LogP contribution in [0.3, 0.4) is 0 Å². The minimum atomic E-state index is -1.47. The van der Waals surface area contributed by atoms with Gasteiger partial charge in [0.05, 0.1) is 38.6 Å². The SMILES string of the molecule is CC[C@H]1O[C@H](c2cccc(O)c2)[C@@H](O)[C@@H](O)[C@@H]1C.OC[C@H]1O[C@H](c2cccc(OCCCOc3cccc(C4O[C@H](CO)[C@@H](O)[C@H](O)[C@@H]4O)c3)c2)[C@@H](O)[C@@H](O)[C@@H]1O. The molecule has 0 bridgehead atoms. The number of benzene rings is 3. The molecule has 3 heterocycles. The monoisotopic (exact) mass is 804 g/mol. The van der Waals surface area contributed by atoms with Crippen molar-refractivity contribution < 1.29 is 79.9 Å². The zero-order valence-electron chi connectivity index (χ0n) is 31.8. The molecule has 0 radical (unpaired) electrons. The number of hydrogen-bond donors (Lipinski definition) is 11. The van der Waals surface area contributed by atoms with E-state index in [-0.39, 0.29) is 17.8 Å². The van der Waals surface area contributed by atoms with Crippen molar-refractivity contribution in [3.8, 4) is 17.2 Å². The van der Waals surface area contributed by atoms with Gasteiger partial charge in [-0.15, -0.1) is 0 Å². The van der Waals surface area contributed by atoms with Crippen molar-refractivity contribution in [2.45, 2.75) is 112 Å². The fraction of sp³-hybridized carbons (Fsp3) is 0.561. The second kappa shape index (κ2) is 20.5. The zero-order valence-corrected chi connectivity index (χ0v) is 31.8. The Morgan fingerprint density at radius 2 is 0.912 bits per heavy atom. The maximum Gasteiger partial charge on any atom is 0.119 e. The molecule has 11 N–H and O–H groups in total. The largest absolute Gasteiger partial charge is 0.508 e. The first-order valence-electron chi connectivity index (χ1n) is 19.2. The summed E-state index contributed by atoms with van der Waals surface area (Å²) >= 11 is 0. The molecule has 16 nitrogen and oxygen atoms in total. The molecular weight excluding hydrogens is 748 g/mol. The molecule has 0 amide bonds. The van der Waals surface area contributed by atoms with E-state index in [1.54, 1.807) is 72.8 Å². The van der Waals surface area contributed by atoms with Gasteiger partial charge in [-0.25, -0.2) is 0 Å². The second-order valence-corrected chi connectivity index (χ2v) is 14.6. The number of phenolic OH excluding ortho intramolecular Hbond substituents is 1. The third kappa shape index (κ3) is 10.6. The van der Waals surface area contributed by atoms with Crippen LogP contribution in [0, 0.1) is 5.92 Å². The molecule has 3 saturated heterocycles. The summed E-state index contributed by atoms with van der Waals surface area (Å²) in [6, 6.07) is 20.1. The van der Waals surface area contributed by atoms with E-state index >= 15 is 0 Å². The van der Waals surface area contributed by atoms with Crippen LogP contribution in [0.5, 0.6) is 17.2 Å². The first-order valence-corrected chi connectivity index (χ1v) is 19.2. The number of aliphatic hydroxyl groups is 10. The van der Waals surface area contributed by atoms with Crippen LogP contribution in [0.15, 0.2) is 72.8 Å². The van der Waals surface area contributed by atoms with Gasteiger partial charge in [-0.05, 0) is 59.5 Å². The van der Waals surface area contributed by atoms with Crippen molar-refractivity contribution in [3.05, 3.63) is 89.5 Å². The molecular formula is C41H56O16. The van der Waals surface area contributed by atoms with Crippen LogP contribution in [0.4, 0.5) is 0 Å². The standard InChI is InChI=1S/C27H36O12.C14H20O4/c28-12-18-20(30)22(32)24(34)26(38-18)14-4-1-6-16(10-14)36-8-3-9-37-17-7-2-5-15(11-17)27-25(35)23(33)21(31)19(13-29)39-27;1-3-11-8(2)12(16)13(17)14(18-11)9-5-4-6-10(15)7-9/h1-2,4-7,10-11,18-35H,3,8-9,12-13H2;4-8,11-17H,3H2,1-2H3/t18-,19-,20-,21-,22+,23+,24+,25+,26-,27?;8-,11-,12+,13+,14-/m11/s1. The molecule has 0 saturated carbocycles. The van der Waals surface area contributed by atoms with E-state index in [0.29, 0.717) is 47.8 Å². The van der Waals surface area contributed by atoms with E-state index in [0.717, 1.165) is 6.42 Å². The predicted octanol–water partition coefficient (Wildman–Crippen LogP) is 0.164. The summed E-state index contributed by atoms with van der Waals surface area (Å²) in [6.45, 7) is 3.44. The molecule has 3 aromatic rings. The maximum absolute atomic E-state index is 10.4. The quantitative estimate of drug-likeness (QED) is 0.109. The summed E-state index contributed by atoms with van der Waals surface area (Å²) in [5, 5.41) is 109. The Morgan fingerprint density at radius 3 is 1.33 bits per heavy atom. The van der Waals surface area contributed by atoms with Crippen LogP contribution in [0.2, 0.25) is 0 Å². The molecule has 6 rings (SSSR count).